The van der Waals surface area contributed by atoms with Crippen molar-refractivity contribution in [1.29, 1.82) is 0 Å². The fraction of sp³-hybridized carbons (Fsp3) is 0.250. The van der Waals surface area contributed by atoms with Gasteiger partial charge < -0.3 is 5.11 Å². The Labute approximate surface area is 122 Å². The van der Waals surface area contributed by atoms with Gasteiger partial charge in [-0.15, -0.1) is 0 Å². The molecule has 98 valence electrons. The minimum absolute atomic E-state index is 0.0461. The number of aliphatic hydroxyl groups is 1. The molecule has 0 aliphatic heterocycles. The molecule has 0 aromatic heterocycles. The van der Waals surface area contributed by atoms with Gasteiger partial charge in [-0.05, 0) is 60.2 Å². The highest BCUT2D eigenvalue weighted by molar-refractivity contribution is 7.99. The van der Waals surface area contributed by atoms with E-state index in [9.17, 15) is 5.11 Å². The minimum atomic E-state index is 0.0461. The van der Waals surface area contributed by atoms with Crippen LogP contribution in [0.3, 0.4) is 0 Å². The molecular weight excluding hydrogens is 276 g/mol. The first kappa shape index (κ1) is 13.0. The van der Waals surface area contributed by atoms with Crippen molar-refractivity contribution in [1.82, 2.24) is 0 Å². The van der Waals surface area contributed by atoms with Gasteiger partial charge in [-0.1, -0.05) is 35.5 Å². The average Bonchev–Trinajstić information content (AvgIpc) is 2.86. The SMILES string of the molecule is OCc1ccc(Cl)cc1Sc1ccc2c(c1)CCC2. The second-order valence-corrected chi connectivity index (χ2v) is 6.35. The fourth-order valence-electron chi connectivity index (χ4n) is 2.49. The molecular formula is C16H15ClOS. The van der Waals surface area contributed by atoms with Gasteiger partial charge in [0.15, 0.2) is 0 Å². The van der Waals surface area contributed by atoms with Crippen LogP contribution in [0.5, 0.6) is 0 Å². The Bertz CT molecular complexity index is 610. The summed E-state index contributed by atoms with van der Waals surface area (Å²) in [5.41, 5.74) is 3.88. The standard InChI is InChI=1S/C16H15ClOS/c17-14-6-4-13(10-18)16(9-14)19-15-7-5-11-2-1-3-12(11)8-15/h4-9,18H,1-3,10H2. The van der Waals surface area contributed by atoms with Crippen LogP contribution in [-0.2, 0) is 19.4 Å². The molecule has 0 bridgehead atoms. The third-order valence-corrected chi connectivity index (χ3v) is 4.82. The largest absolute Gasteiger partial charge is 0.392 e. The first-order valence-electron chi connectivity index (χ1n) is 6.45. The maximum atomic E-state index is 9.39. The summed E-state index contributed by atoms with van der Waals surface area (Å²) in [6.45, 7) is 0.0461. The first-order chi connectivity index (χ1) is 9.26. The maximum absolute atomic E-state index is 9.39. The van der Waals surface area contributed by atoms with Crippen molar-refractivity contribution in [3.8, 4) is 0 Å². The van der Waals surface area contributed by atoms with Gasteiger partial charge in [-0.3, -0.25) is 0 Å². The molecule has 0 amide bonds. The van der Waals surface area contributed by atoms with Crippen molar-refractivity contribution in [3.63, 3.8) is 0 Å². The third-order valence-electron chi connectivity index (χ3n) is 3.50. The number of halogens is 1. The zero-order chi connectivity index (χ0) is 13.2. The molecule has 0 unspecified atom stereocenters. The monoisotopic (exact) mass is 290 g/mol. The number of rotatable bonds is 3. The van der Waals surface area contributed by atoms with E-state index < -0.39 is 0 Å². The highest BCUT2D eigenvalue weighted by Crippen LogP contribution is 2.35. The average molecular weight is 291 g/mol. The van der Waals surface area contributed by atoms with Gasteiger partial charge in [0.25, 0.3) is 0 Å². The first-order valence-corrected chi connectivity index (χ1v) is 7.64. The second-order valence-electron chi connectivity index (χ2n) is 4.80. The molecule has 3 heteroatoms. The van der Waals surface area contributed by atoms with Crippen molar-refractivity contribution in [3.05, 3.63) is 58.1 Å². The Balaban J connectivity index is 1.90. The Morgan fingerprint density at radius 1 is 1.05 bits per heavy atom. The number of fused-ring (bicyclic) bond motifs is 1. The molecule has 0 saturated heterocycles. The topological polar surface area (TPSA) is 20.2 Å². The molecule has 0 radical (unpaired) electrons. The van der Waals surface area contributed by atoms with Gasteiger partial charge in [-0.25, -0.2) is 0 Å². The molecule has 1 N–H and O–H groups in total. The fourth-order valence-corrected chi connectivity index (χ4v) is 3.77. The van der Waals surface area contributed by atoms with Gasteiger partial charge in [0.1, 0.15) is 0 Å². The summed E-state index contributed by atoms with van der Waals surface area (Å²) in [7, 11) is 0. The van der Waals surface area contributed by atoms with Gasteiger partial charge in [0.05, 0.1) is 6.61 Å². The van der Waals surface area contributed by atoms with Gasteiger partial charge >= 0.3 is 0 Å². The predicted molar refractivity (Wildman–Crippen MR) is 80.0 cm³/mol. The highest BCUT2D eigenvalue weighted by Gasteiger charge is 2.12. The summed E-state index contributed by atoms with van der Waals surface area (Å²) < 4.78 is 0. The quantitative estimate of drug-likeness (QED) is 0.900. The smallest absolute Gasteiger partial charge is 0.0692 e. The van der Waals surface area contributed by atoms with Crippen molar-refractivity contribution in [2.45, 2.75) is 35.7 Å². The van der Waals surface area contributed by atoms with Gasteiger partial charge in [0, 0.05) is 14.8 Å². The lowest BCUT2D eigenvalue weighted by Gasteiger charge is -2.09. The molecule has 1 aliphatic carbocycles. The number of benzene rings is 2. The number of aliphatic hydroxyl groups excluding tert-OH is 1. The lowest BCUT2D eigenvalue weighted by molar-refractivity contribution is 0.279. The third kappa shape index (κ3) is 2.81. The minimum Gasteiger partial charge on any atom is -0.392 e. The number of aryl methyl sites for hydroxylation is 2. The summed E-state index contributed by atoms with van der Waals surface area (Å²) in [6.07, 6.45) is 3.66. The van der Waals surface area contributed by atoms with Crippen molar-refractivity contribution in [2.75, 3.05) is 0 Å². The summed E-state index contributed by atoms with van der Waals surface area (Å²) in [5.74, 6) is 0. The van der Waals surface area contributed by atoms with Crippen molar-refractivity contribution in [2.24, 2.45) is 0 Å². The lowest BCUT2D eigenvalue weighted by Crippen LogP contribution is -1.88. The molecule has 0 heterocycles. The molecule has 0 saturated carbocycles. The van der Waals surface area contributed by atoms with Crippen LogP contribution >= 0.6 is 23.4 Å². The molecule has 1 aliphatic rings. The lowest BCUT2D eigenvalue weighted by atomic mass is 10.1. The van der Waals surface area contributed by atoms with Gasteiger partial charge in [0.2, 0.25) is 0 Å². The number of hydrogen-bond donors (Lipinski definition) is 1. The summed E-state index contributed by atoms with van der Waals surface area (Å²) in [6, 6.07) is 12.3. The van der Waals surface area contributed by atoms with E-state index in [1.165, 1.54) is 35.3 Å². The van der Waals surface area contributed by atoms with Crippen molar-refractivity contribution >= 4 is 23.4 Å². The van der Waals surface area contributed by atoms with Crippen LogP contribution in [0.4, 0.5) is 0 Å². The Morgan fingerprint density at radius 3 is 2.74 bits per heavy atom. The predicted octanol–water partition coefficient (Wildman–Crippen LogP) is 4.47. The molecule has 0 atom stereocenters. The Hall–Kier alpha value is -0.960. The summed E-state index contributed by atoms with van der Waals surface area (Å²) >= 11 is 7.71. The zero-order valence-electron chi connectivity index (χ0n) is 10.5. The Kier molecular flexibility index (Phi) is 3.83. The van der Waals surface area contributed by atoms with Crippen LogP contribution in [0.25, 0.3) is 0 Å². The van der Waals surface area contributed by atoms with Crippen LogP contribution in [-0.4, -0.2) is 5.11 Å². The van der Waals surface area contributed by atoms with E-state index in [0.29, 0.717) is 5.02 Å². The maximum Gasteiger partial charge on any atom is 0.0692 e. The molecule has 1 nitrogen and oxygen atoms in total. The van der Waals surface area contributed by atoms with E-state index in [2.05, 4.69) is 18.2 Å². The van der Waals surface area contributed by atoms with Gasteiger partial charge in [-0.2, -0.15) is 0 Å². The zero-order valence-corrected chi connectivity index (χ0v) is 12.1. The second kappa shape index (κ2) is 5.58. The van der Waals surface area contributed by atoms with Crippen LogP contribution in [0, 0.1) is 0 Å². The van der Waals surface area contributed by atoms with E-state index >= 15 is 0 Å². The normalized spacial score (nSPS) is 13.6. The van der Waals surface area contributed by atoms with Crippen LogP contribution in [0.2, 0.25) is 5.02 Å². The van der Waals surface area contributed by atoms with Crippen LogP contribution in [0.1, 0.15) is 23.1 Å². The molecule has 0 fully saturated rings. The molecule has 2 aromatic carbocycles. The van der Waals surface area contributed by atoms with Crippen LogP contribution < -0.4 is 0 Å². The van der Waals surface area contributed by atoms with Crippen molar-refractivity contribution < 1.29 is 5.11 Å². The molecule has 19 heavy (non-hydrogen) atoms. The molecule has 3 rings (SSSR count). The van der Waals surface area contributed by atoms with E-state index in [4.69, 9.17) is 11.6 Å². The summed E-state index contributed by atoms with van der Waals surface area (Å²) in [5, 5.41) is 10.1. The highest BCUT2D eigenvalue weighted by atomic mass is 35.5. The number of hydrogen-bond acceptors (Lipinski definition) is 2. The van der Waals surface area contributed by atoms with Crippen LogP contribution in [0.15, 0.2) is 46.2 Å². The van der Waals surface area contributed by atoms with E-state index in [-0.39, 0.29) is 6.61 Å². The molecule has 2 aromatic rings. The van der Waals surface area contributed by atoms with E-state index in [1.54, 1.807) is 11.8 Å². The van der Waals surface area contributed by atoms with E-state index in [0.717, 1.165) is 10.5 Å². The summed E-state index contributed by atoms with van der Waals surface area (Å²) in [4.78, 5) is 2.26. The van der Waals surface area contributed by atoms with E-state index in [1.807, 2.05) is 18.2 Å². The Morgan fingerprint density at radius 2 is 1.89 bits per heavy atom. The molecule has 0 spiro atoms.